The first-order valence-electron chi connectivity index (χ1n) is 7.42. The van der Waals surface area contributed by atoms with E-state index in [0.717, 1.165) is 12.8 Å². The van der Waals surface area contributed by atoms with Gasteiger partial charge in [0, 0.05) is 19.0 Å². The van der Waals surface area contributed by atoms with Crippen LogP contribution in [0.5, 0.6) is 0 Å². The van der Waals surface area contributed by atoms with Gasteiger partial charge in [0.15, 0.2) is 0 Å². The number of amides is 2. The van der Waals surface area contributed by atoms with Crippen molar-refractivity contribution in [1.29, 1.82) is 0 Å². The van der Waals surface area contributed by atoms with Gasteiger partial charge >= 0.3 is 0 Å². The van der Waals surface area contributed by atoms with Gasteiger partial charge in [0.1, 0.15) is 5.54 Å². The van der Waals surface area contributed by atoms with Crippen LogP contribution in [0.15, 0.2) is 0 Å². The van der Waals surface area contributed by atoms with Gasteiger partial charge in [0.25, 0.3) is 0 Å². The third-order valence-corrected chi connectivity index (χ3v) is 5.01. The van der Waals surface area contributed by atoms with Gasteiger partial charge in [-0.1, -0.05) is 27.2 Å². The highest BCUT2D eigenvalue weighted by molar-refractivity contribution is 5.93. The second-order valence-electron chi connectivity index (χ2n) is 6.88. The maximum atomic E-state index is 12.8. The summed E-state index contributed by atoms with van der Waals surface area (Å²) in [5.74, 6) is 0.0943. The lowest BCUT2D eigenvalue weighted by atomic mass is 9.85. The molecule has 0 radical (unpaired) electrons. The van der Waals surface area contributed by atoms with E-state index >= 15 is 0 Å². The molecule has 19 heavy (non-hydrogen) atoms. The smallest absolute Gasteiger partial charge is 0.248 e. The van der Waals surface area contributed by atoms with Crippen molar-refractivity contribution in [2.45, 2.75) is 71.4 Å². The lowest BCUT2D eigenvalue weighted by Crippen LogP contribution is -2.58. The molecule has 2 atom stereocenters. The van der Waals surface area contributed by atoms with Crippen molar-refractivity contribution >= 4 is 11.8 Å². The van der Waals surface area contributed by atoms with E-state index in [4.69, 9.17) is 0 Å². The molecule has 0 aromatic rings. The van der Waals surface area contributed by atoms with Crippen LogP contribution in [0.3, 0.4) is 0 Å². The average Bonchev–Trinajstić information content (AvgIpc) is 2.63. The standard InChI is InChI=1S/C15H26N2O2/c1-5-15(4)13(19)17(10-8-12(18)16-15)11-7-6-9-14(11,2)3/h11H,5-10H2,1-4H3,(H,16,18). The normalized spacial score (nSPS) is 35.2. The van der Waals surface area contributed by atoms with E-state index in [2.05, 4.69) is 19.2 Å². The zero-order valence-corrected chi connectivity index (χ0v) is 12.6. The minimum atomic E-state index is -0.730. The number of nitrogens with zero attached hydrogens (tertiary/aromatic N) is 1. The Morgan fingerprint density at radius 1 is 1.32 bits per heavy atom. The molecule has 1 aliphatic carbocycles. The molecule has 2 fully saturated rings. The highest BCUT2D eigenvalue weighted by Gasteiger charge is 2.46. The molecular formula is C15H26N2O2. The van der Waals surface area contributed by atoms with Crippen molar-refractivity contribution in [1.82, 2.24) is 10.2 Å². The van der Waals surface area contributed by atoms with E-state index in [1.54, 1.807) is 0 Å². The van der Waals surface area contributed by atoms with Crippen molar-refractivity contribution in [3.63, 3.8) is 0 Å². The number of nitrogens with one attached hydrogen (secondary N) is 1. The van der Waals surface area contributed by atoms with E-state index in [-0.39, 0.29) is 23.3 Å². The summed E-state index contributed by atoms with van der Waals surface area (Å²) in [6.45, 7) is 8.85. The Kier molecular flexibility index (Phi) is 3.63. The predicted molar refractivity (Wildman–Crippen MR) is 74.6 cm³/mol. The molecule has 2 aliphatic rings. The zero-order valence-electron chi connectivity index (χ0n) is 12.6. The molecule has 4 nitrogen and oxygen atoms in total. The molecular weight excluding hydrogens is 240 g/mol. The quantitative estimate of drug-likeness (QED) is 0.832. The van der Waals surface area contributed by atoms with Gasteiger partial charge in [-0.15, -0.1) is 0 Å². The monoisotopic (exact) mass is 266 g/mol. The maximum absolute atomic E-state index is 12.8. The zero-order chi connectivity index (χ0) is 14.3. The van der Waals surface area contributed by atoms with Crippen LogP contribution in [0.4, 0.5) is 0 Å². The van der Waals surface area contributed by atoms with Crippen LogP contribution >= 0.6 is 0 Å². The number of hydrogen-bond acceptors (Lipinski definition) is 2. The summed E-state index contributed by atoms with van der Waals surface area (Å²) >= 11 is 0. The minimum Gasteiger partial charge on any atom is -0.342 e. The second-order valence-corrected chi connectivity index (χ2v) is 6.88. The van der Waals surface area contributed by atoms with Crippen molar-refractivity contribution < 1.29 is 9.59 Å². The Bertz CT molecular complexity index is 392. The molecule has 2 amide bonds. The first-order chi connectivity index (χ1) is 8.80. The van der Waals surface area contributed by atoms with Gasteiger partial charge in [-0.2, -0.15) is 0 Å². The molecule has 2 rings (SSSR count). The highest BCUT2D eigenvalue weighted by Crippen LogP contribution is 2.41. The van der Waals surface area contributed by atoms with E-state index in [1.807, 2.05) is 18.7 Å². The maximum Gasteiger partial charge on any atom is 0.248 e. The fourth-order valence-electron chi connectivity index (χ4n) is 3.49. The van der Waals surface area contributed by atoms with Gasteiger partial charge in [-0.25, -0.2) is 0 Å². The SMILES string of the molecule is CCC1(C)NC(=O)CCN(C2CCCC2(C)C)C1=O. The summed E-state index contributed by atoms with van der Waals surface area (Å²) < 4.78 is 0. The Balaban J connectivity index is 2.29. The lowest BCUT2D eigenvalue weighted by Gasteiger charge is -2.40. The Morgan fingerprint density at radius 3 is 2.53 bits per heavy atom. The molecule has 1 N–H and O–H groups in total. The van der Waals surface area contributed by atoms with E-state index in [0.29, 0.717) is 19.4 Å². The third kappa shape index (κ3) is 2.49. The molecule has 0 bridgehead atoms. The second kappa shape index (κ2) is 4.80. The van der Waals surface area contributed by atoms with Gasteiger partial charge in [0.05, 0.1) is 0 Å². The fraction of sp³-hybridized carbons (Fsp3) is 0.867. The predicted octanol–water partition coefficient (Wildman–Crippen LogP) is 2.08. The topological polar surface area (TPSA) is 49.4 Å². The van der Waals surface area contributed by atoms with Crippen LogP contribution in [0.2, 0.25) is 0 Å². The Morgan fingerprint density at radius 2 is 2.00 bits per heavy atom. The van der Waals surface area contributed by atoms with E-state index in [1.165, 1.54) is 6.42 Å². The molecule has 0 aromatic heterocycles. The third-order valence-electron chi connectivity index (χ3n) is 5.01. The highest BCUT2D eigenvalue weighted by atomic mass is 16.2. The summed E-state index contributed by atoms with van der Waals surface area (Å²) in [4.78, 5) is 26.6. The van der Waals surface area contributed by atoms with Crippen LogP contribution < -0.4 is 5.32 Å². The molecule has 4 heteroatoms. The van der Waals surface area contributed by atoms with Crippen LogP contribution in [0.25, 0.3) is 0 Å². The molecule has 1 aliphatic heterocycles. The molecule has 0 aromatic carbocycles. The van der Waals surface area contributed by atoms with E-state index in [9.17, 15) is 9.59 Å². The number of carbonyl (C=O) groups excluding carboxylic acids is 2. The molecule has 1 saturated carbocycles. The Hall–Kier alpha value is -1.06. The first-order valence-corrected chi connectivity index (χ1v) is 7.42. The molecule has 1 saturated heterocycles. The van der Waals surface area contributed by atoms with Crippen molar-refractivity contribution in [2.75, 3.05) is 6.54 Å². The summed E-state index contributed by atoms with van der Waals surface area (Å²) in [5.41, 5.74) is -0.566. The molecule has 2 unspecified atom stereocenters. The fourth-order valence-corrected chi connectivity index (χ4v) is 3.49. The van der Waals surface area contributed by atoms with Crippen LogP contribution in [-0.2, 0) is 9.59 Å². The van der Waals surface area contributed by atoms with Crippen LogP contribution in [0, 0.1) is 5.41 Å². The van der Waals surface area contributed by atoms with Crippen LogP contribution in [-0.4, -0.2) is 34.8 Å². The Labute approximate surface area is 115 Å². The molecule has 1 heterocycles. The van der Waals surface area contributed by atoms with Gasteiger partial charge in [-0.3, -0.25) is 9.59 Å². The summed E-state index contributed by atoms with van der Waals surface area (Å²) in [7, 11) is 0. The van der Waals surface area contributed by atoms with Crippen LogP contribution in [0.1, 0.15) is 59.8 Å². The number of carbonyl (C=O) groups is 2. The number of hydrogen-bond donors (Lipinski definition) is 1. The van der Waals surface area contributed by atoms with Gasteiger partial charge in [-0.05, 0) is 31.6 Å². The van der Waals surface area contributed by atoms with Gasteiger partial charge < -0.3 is 10.2 Å². The van der Waals surface area contributed by atoms with Crippen molar-refractivity contribution in [3.8, 4) is 0 Å². The first kappa shape index (κ1) is 14.4. The summed E-state index contributed by atoms with van der Waals surface area (Å²) in [6.07, 6.45) is 4.46. The average molecular weight is 266 g/mol. The molecule has 0 spiro atoms. The molecule has 108 valence electrons. The summed E-state index contributed by atoms with van der Waals surface area (Å²) in [6, 6.07) is 0.276. The van der Waals surface area contributed by atoms with Crippen molar-refractivity contribution in [2.24, 2.45) is 5.41 Å². The van der Waals surface area contributed by atoms with Crippen molar-refractivity contribution in [3.05, 3.63) is 0 Å². The number of rotatable bonds is 2. The minimum absolute atomic E-state index is 0.00370. The largest absolute Gasteiger partial charge is 0.342 e. The van der Waals surface area contributed by atoms with Gasteiger partial charge in [0.2, 0.25) is 11.8 Å². The van der Waals surface area contributed by atoms with E-state index < -0.39 is 5.54 Å². The summed E-state index contributed by atoms with van der Waals surface area (Å²) in [5, 5.41) is 2.91. The lowest BCUT2D eigenvalue weighted by molar-refractivity contribution is -0.142.